The Morgan fingerprint density at radius 3 is 2.71 bits per heavy atom. The van der Waals surface area contributed by atoms with Gasteiger partial charge in [-0.15, -0.1) is 0 Å². The van der Waals surface area contributed by atoms with Crippen LogP contribution in [0.5, 0.6) is 5.75 Å². The third-order valence-corrected chi connectivity index (χ3v) is 4.05. The van der Waals surface area contributed by atoms with E-state index in [-0.39, 0.29) is 17.0 Å². The minimum atomic E-state index is -0.373. The van der Waals surface area contributed by atoms with Crippen molar-refractivity contribution in [3.8, 4) is 5.75 Å². The molecule has 1 aromatic carbocycles. The summed E-state index contributed by atoms with van der Waals surface area (Å²) in [4.78, 5) is 14.7. The lowest BCUT2D eigenvalue weighted by molar-refractivity contribution is -0.640. The quantitative estimate of drug-likeness (QED) is 0.814. The van der Waals surface area contributed by atoms with E-state index in [4.69, 9.17) is 19.4 Å². The Balaban J connectivity index is 2.00. The molecule has 1 aliphatic heterocycles. The molecule has 1 fully saturated rings. The molecule has 1 aliphatic rings. The van der Waals surface area contributed by atoms with Gasteiger partial charge in [0, 0.05) is 0 Å². The highest BCUT2D eigenvalue weighted by atomic mass is 16.5. The van der Waals surface area contributed by atoms with E-state index in [1.165, 1.54) is 0 Å². The number of hydrogen-bond acceptors (Lipinski definition) is 6. The Labute approximate surface area is 139 Å². The standard InChI is InChI=1S/C16H20N4O4/c1-16(2)10-23-9-8-19(16)14-13(17)24-18-20(14)15(21)11-4-6-12(22-3)7-5-11/h4-7,17H,8-10H2,1-3H3. The molecular weight excluding hydrogens is 312 g/mol. The highest BCUT2D eigenvalue weighted by Crippen LogP contribution is 2.22. The average Bonchev–Trinajstić information content (AvgIpc) is 2.95. The van der Waals surface area contributed by atoms with Gasteiger partial charge in [0.05, 0.1) is 25.9 Å². The number of nitrogens with zero attached hydrogens (tertiary/aromatic N) is 3. The summed E-state index contributed by atoms with van der Waals surface area (Å²) < 4.78 is 16.7. The lowest BCUT2D eigenvalue weighted by atomic mass is 10.0. The summed E-state index contributed by atoms with van der Waals surface area (Å²) in [6, 6.07) is 6.71. The molecule has 2 heterocycles. The van der Waals surface area contributed by atoms with E-state index in [9.17, 15) is 4.79 Å². The number of carbonyl (C=O) groups excluding carboxylic acids is 1. The highest BCUT2D eigenvalue weighted by Gasteiger charge is 2.41. The number of nitrogens with one attached hydrogen (secondary N) is 1. The van der Waals surface area contributed by atoms with Crippen LogP contribution in [0.15, 0.2) is 28.8 Å². The van der Waals surface area contributed by atoms with Gasteiger partial charge in [-0.2, -0.15) is 0 Å². The number of aromatic nitrogens is 2. The van der Waals surface area contributed by atoms with Gasteiger partial charge in [0.15, 0.2) is 0 Å². The second kappa shape index (κ2) is 6.12. The summed E-state index contributed by atoms with van der Waals surface area (Å²) in [5.74, 6) is 0.633. The van der Waals surface area contributed by atoms with E-state index < -0.39 is 0 Å². The van der Waals surface area contributed by atoms with Crippen LogP contribution in [0.2, 0.25) is 0 Å². The van der Waals surface area contributed by atoms with Crippen LogP contribution in [0, 0.1) is 5.41 Å². The largest absolute Gasteiger partial charge is 0.505 e. The Morgan fingerprint density at radius 2 is 2.08 bits per heavy atom. The molecule has 0 aliphatic carbocycles. The Kier molecular flexibility index (Phi) is 4.15. The third kappa shape index (κ3) is 2.80. The molecule has 0 radical (unpaired) electrons. The van der Waals surface area contributed by atoms with Gasteiger partial charge in [-0.1, -0.05) is 0 Å². The Morgan fingerprint density at radius 1 is 1.38 bits per heavy atom. The number of methoxy groups -OCH3 is 1. The lowest BCUT2D eigenvalue weighted by Crippen LogP contribution is -2.60. The summed E-state index contributed by atoms with van der Waals surface area (Å²) >= 11 is 0. The van der Waals surface area contributed by atoms with Crippen molar-refractivity contribution in [2.75, 3.05) is 31.8 Å². The fourth-order valence-corrected chi connectivity index (χ4v) is 2.73. The van der Waals surface area contributed by atoms with Crippen LogP contribution >= 0.6 is 0 Å². The Bertz CT molecular complexity index is 791. The number of anilines is 1. The van der Waals surface area contributed by atoms with Crippen molar-refractivity contribution in [3.63, 3.8) is 0 Å². The SMILES string of the molecule is COc1ccc(C(=O)[n+]2[n-]oc(=N)c2N2CCOCC2(C)C)cc1. The first-order valence-electron chi connectivity index (χ1n) is 7.62. The van der Waals surface area contributed by atoms with Gasteiger partial charge >= 0.3 is 11.7 Å². The number of benzene rings is 1. The van der Waals surface area contributed by atoms with Gasteiger partial charge in [0.2, 0.25) is 0 Å². The molecule has 3 rings (SSSR count). The summed E-state index contributed by atoms with van der Waals surface area (Å²) in [6.07, 6.45) is 0. The first kappa shape index (κ1) is 16.3. The minimum absolute atomic E-state index is 0.146. The van der Waals surface area contributed by atoms with Crippen LogP contribution in [-0.2, 0) is 4.74 Å². The molecule has 0 atom stereocenters. The molecule has 1 N–H and O–H groups in total. The molecule has 1 aromatic heterocycles. The van der Waals surface area contributed by atoms with Crippen molar-refractivity contribution in [1.29, 1.82) is 5.41 Å². The number of morpholine rings is 1. The molecule has 8 nitrogen and oxygen atoms in total. The predicted molar refractivity (Wildman–Crippen MR) is 83.0 cm³/mol. The first-order valence-corrected chi connectivity index (χ1v) is 7.62. The summed E-state index contributed by atoms with van der Waals surface area (Å²) in [6.45, 7) is 5.54. The first-order chi connectivity index (χ1) is 11.4. The van der Waals surface area contributed by atoms with Crippen LogP contribution in [0.4, 0.5) is 5.82 Å². The fraction of sp³-hybridized carbons (Fsp3) is 0.438. The fourth-order valence-electron chi connectivity index (χ4n) is 2.73. The van der Waals surface area contributed by atoms with Crippen LogP contribution < -0.4 is 25.1 Å². The number of hydrogen-bond donors (Lipinski definition) is 1. The van der Waals surface area contributed by atoms with Crippen LogP contribution in [0.25, 0.3) is 0 Å². The minimum Gasteiger partial charge on any atom is -0.505 e. The van der Waals surface area contributed by atoms with E-state index in [1.54, 1.807) is 31.4 Å². The summed E-state index contributed by atoms with van der Waals surface area (Å²) in [7, 11) is 1.56. The van der Waals surface area contributed by atoms with Crippen molar-refractivity contribution < 1.29 is 23.5 Å². The number of ether oxygens (including phenoxy) is 2. The topological polar surface area (TPSA) is 93.7 Å². The second-order valence-corrected chi connectivity index (χ2v) is 6.19. The van der Waals surface area contributed by atoms with Crippen LogP contribution in [-0.4, -0.2) is 38.3 Å². The van der Waals surface area contributed by atoms with Gasteiger partial charge in [-0.05, 0) is 38.1 Å². The molecule has 0 saturated carbocycles. The lowest BCUT2D eigenvalue weighted by Gasteiger charge is -2.36. The molecule has 24 heavy (non-hydrogen) atoms. The van der Waals surface area contributed by atoms with Crippen LogP contribution in [0.1, 0.15) is 24.2 Å². The highest BCUT2D eigenvalue weighted by molar-refractivity contribution is 5.87. The van der Waals surface area contributed by atoms with Crippen molar-refractivity contribution in [2.24, 2.45) is 0 Å². The summed E-state index contributed by atoms with van der Waals surface area (Å²) in [5.41, 5.74) is -0.0881. The van der Waals surface area contributed by atoms with Crippen molar-refractivity contribution in [1.82, 2.24) is 5.27 Å². The second-order valence-electron chi connectivity index (χ2n) is 6.19. The van der Waals surface area contributed by atoms with Crippen molar-refractivity contribution >= 4 is 11.7 Å². The van der Waals surface area contributed by atoms with E-state index in [0.717, 1.165) is 4.68 Å². The van der Waals surface area contributed by atoms with Crippen molar-refractivity contribution in [3.05, 3.63) is 35.4 Å². The van der Waals surface area contributed by atoms with E-state index in [0.29, 0.717) is 36.9 Å². The Hall–Kier alpha value is -2.61. The van der Waals surface area contributed by atoms with Gasteiger partial charge in [0.25, 0.3) is 5.55 Å². The van der Waals surface area contributed by atoms with E-state index in [1.807, 2.05) is 18.7 Å². The van der Waals surface area contributed by atoms with Gasteiger partial charge in [-0.3, -0.25) is 5.41 Å². The van der Waals surface area contributed by atoms with Gasteiger partial charge in [-0.25, -0.2) is 14.4 Å². The molecular formula is C16H20N4O4. The zero-order chi connectivity index (χ0) is 17.3. The van der Waals surface area contributed by atoms with E-state index >= 15 is 0 Å². The van der Waals surface area contributed by atoms with E-state index in [2.05, 4.69) is 5.27 Å². The summed E-state index contributed by atoms with van der Waals surface area (Å²) in [5, 5.41) is 11.8. The molecule has 2 aromatic rings. The normalized spacial score (nSPS) is 16.9. The molecule has 8 heteroatoms. The zero-order valence-corrected chi connectivity index (χ0v) is 13.9. The molecule has 0 amide bonds. The zero-order valence-electron chi connectivity index (χ0n) is 13.9. The van der Waals surface area contributed by atoms with Gasteiger partial charge in [0.1, 0.15) is 17.8 Å². The average molecular weight is 332 g/mol. The maximum atomic E-state index is 12.8. The van der Waals surface area contributed by atoms with Crippen molar-refractivity contribution in [2.45, 2.75) is 19.4 Å². The molecule has 0 spiro atoms. The van der Waals surface area contributed by atoms with Crippen LogP contribution in [0.3, 0.4) is 0 Å². The predicted octanol–water partition coefficient (Wildman–Crippen LogP) is 0.316. The molecule has 1 saturated heterocycles. The molecule has 128 valence electrons. The smallest absolute Gasteiger partial charge is 0.335 e. The third-order valence-electron chi connectivity index (χ3n) is 4.05. The number of carbonyl (C=O) groups is 1. The maximum absolute atomic E-state index is 12.8. The monoisotopic (exact) mass is 332 g/mol. The molecule has 0 bridgehead atoms. The maximum Gasteiger partial charge on any atom is 0.335 e. The molecule has 0 unspecified atom stereocenters. The number of rotatable bonds is 3. The van der Waals surface area contributed by atoms with Gasteiger partial charge < -0.3 is 19.3 Å².